The average molecular weight is 457 g/mol. The summed E-state index contributed by atoms with van der Waals surface area (Å²) < 4.78 is 60.9. The minimum atomic E-state index is -4.93. The van der Waals surface area contributed by atoms with Gasteiger partial charge in [-0.3, -0.25) is 4.79 Å². The summed E-state index contributed by atoms with van der Waals surface area (Å²) in [5, 5.41) is 0.234. The second-order valence-corrected chi connectivity index (χ2v) is 6.74. The zero-order chi connectivity index (χ0) is 22.6. The zero-order valence-corrected chi connectivity index (χ0v) is 16.9. The Kier molecular flexibility index (Phi) is 6.87. The van der Waals surface area contributed by atoms with Crippen LogP contribution in [0, 0.1) is 0 Å². The fourth-order valence-corrected chi connectivity index (χ4v) is 2.89. The van der Waals surface area contributed by atoms with Crippen molar-refractivity contribution >= 4 is 28.5 Å². The number of ether oxygens (including phenoxy) is 3. The van der Waals surface area contributed by atoms with Crippen LogP contribution in [0.15, 0.2) is 51.7 Å². The van der Waals surface area contributed by atoms with Crippen LogP contribution >= 0.6 is 11.6 Å². The van der Waals surface area contributed by atoms with Gasteiger partial charge in [-0.15, -0.1) is 0 Å². The molecule has 164 valence electrons. The molecule has 0 atom stereocenters. The molecule has 0 saturated heterocycles. The molecular weight excluding hydrogens is 441 g/mol. The second kappa shape index (κ2) is 9.40. The largest absolute Gasteiger partial charge is 0.482 e. The Morgan fingerprint density at radius 3 is 2.45 bits per heavy atom. The number of carbonyl (C=O) groups excluding carboxylic acids is 1. The molecule has 0 aliphatic carbocycles. The Morgan fingerprint density at radius 1 is 1.10 bits per heavy atom. The van der Waals surface area contributed by atoms with Crippen molar-refractivity contribution in [1.29, 1.82) is 0 Å². The molecular formula is C21H16ClF3O6. The predicted molar refractivity (Wildman–Crippen MR) is 106 cm³/mol. The maximum atomic E-state index is 13.7. The number of halogens is 4. The number of methoxy groups -OCH3 is 1. The van der Waals surface area contributed by atoms with Crippen LogP contribution in [0.25, 0.3) is 22.1 Å². The molecule has 1 aromatic heterocycles. The van der Waals surface area contributed by atoms with Gasteiger partial charge in [-0.2, -0.15) is 13.2 Å². The number of carbonyl (C=O) groups is 1. The van der Waals surface area contributed by atoms with Gasteiger partial charge in [-0.1, -0.05) is 23.7 Å². The van der Waals surface area contributed by atoms with Crippen LogP contribution < -0.4 is 10.2 Å². The average Bonchev–Trinajstić information content (AvgIpc) is 2.72. The van der Waals surface area contributed by atoms with E-state index in [0.717, 1.165) is 6.07 Å². The summed E-state index contributed by atoms with van der Waals surface area (Å²) in [6.45, 7) is -0.231. The third-order valence-corrected chi connectivity index (χ3v) is 4.41. The summed E-state index contributed by atoms with van der Waals surface area (Å²) in [5.74, 6) is -2.09. The maximum Gasteiger partial charge on any atom is 0.450 e. The molecule has 0 radical (unpaired) electrons. The van der Waals surface area contributed by atoms with Crippen LogP contribution in [0.1, 0.15) is 5.76 Å². The van der Waals surface area contributed by atoms with Crippen molar-refractivity contribution in [3.63, 3.8) is 0 Å². The highest BCUT2D eigenvalue weighted by Gasteiger charge is 2.39. The van der Waals surface area contributed by atoms with Crippen molar-refractivity contribution in [1.82, 2.24) is 0 Å². The van der Waals surface area contributed by atoms with E-state index in [1.807, 2.05) is 0 Å². The van der Waals surface area contributed by atoms with E-state index in [-0.39, 0.29) is 35.5 Å². The minimum absolute atomic E-state index is 0.0199. The molecule has 0 bridgehead atoms. The molecule has 0 amide bonds. The molecule has 6 nitrogen and oxygen atoms in total. The highest BCUT2D eigenvalue weighted by Crippen LogP contribution is 2.38. The summed E-state index contributed by atoms with van der Waals surface area (Å²) >= 11 is 5.79. The van der Waals surface area contributed by atoms with Crippen LogP contribution in [-0.4, -0.2) is 32.9 Å². The van der Waals surface area contributed by atoms with Gasteiger partial charge in [0.25, 0.3) is 0 Å². The van der Waals surface area contributed by atoms with Gasteiger partial charge in [-0.25, -0.2) is 4.79 Å². The second-order valence-electron chi connectivity index (χ2n) is 6.30. The van der Waals surface area contributed by atoms with Crippen LogP contribution in [0.3, 0.4) is 0 Å². The van der Waals surface area contributed by atoms with Gasteiger partial charge < -0.3 is 18.6 Å². The number of hydrogen-bond donors (Lipinski definition) is 0. The Balaban J connectivity index is 1.98. The first-order valence-corrected chi connectivity index (χ1v) is 9.30. The number of benzene rings is 2. The van der Waals surface area contributed by atoms with E-state index in [0.29, 0.717) is 5.02 Å². The zero-order valence-electron chi connectivity index (χ0n) is 16.1. The third kappa shape index (κ3) is 5.36. The Morgan fingerprint density at radius 2 is 1.81 bits per heavy atom. The monoisotopic (exact) mass is 456 g/mol. The van der Waals surface area contributed by atoms with Gasteiger partial charge in [0.2, 0.25) is 11.2 Å². The van der Waals surface area contributed by atoms with E-state index in [9.17, 15) is 22.8 Å². The first kappa shape index (κ1) is 22.6. The van der Waals surface area contributed by atoms with Crippen molar-refractivity contribution in [2.75, 3.05) is 26.9 Å². The molecule has 0 aliphatic heterocycles. The van der Waals surface area contributed by atoms with Gasteiger partial charge in [0, 0.05) is 18.2 Å². The van der Waals surface area contributed by atoms with Crippen LogP contribution in [0.2, 0.25) is 5.02 Å². The molecule has 0 aliphatic rings. The Bertz CT molecular complexity index is 1140. The number of hydrogen-bond acceptors (Lipinski definition) is 6. The molecule has 10 heteroatoms. The van der Waals surface area contributed by atoms with Crippen molar-refractivity contribution in [3.8, 4) is 16.9 Å². The van der Waals surface area contributed by atoms with E-state index >= 15 is 0 Å². The standard InChI is InChI=1S/C21H16ClF3O6/c1-28-8-9-29-17(26)11-30-14-6-7-15-16(10-14)31-20(21(23,24)25)18(19(15)27)12-2-4-13(22)5-3-12/h2-7,10H,8-9,11H2,1H3. The molecule has 0 N–H and O–H groups in total. The summed E-state index contributed by atoms with van der Waals surface area (Å²) in [5.41, 5.74) is -1.79. The lowest BCUT2D eigenvalue weighted by Gasteiger charge is -2.13. The Hall–Kier alpha value is -3.04. The highest BCUT2D eigenvalue weighted by molar-refractivity contribution is 6.30. The quantitative estimate of drug-likeness (QED) is 0.379. The van der Waals surface area contributed by atoms with E-state index in [2.05, 4.69) is 0 Å². The fraction of sp³-hybridized carbons (Fsp3) is 0.238. The molecule has 0 saturated carbocycles. The van der Waals surface area contributed by atoms with Gasteiger partial charge in [-0.05, 0) is 29.8 Å². The Labute approximate surface area is 179 Å². The number of rotatable bonds is 7. The number of esters is 1. The fourth-order valence-electron chi connectivity index (χ4n) is 2.76. The summed E-state index contributed by atoms with van der Waals surface area (Å²) in [6, 6.07) is 9.10. The van der Waals surface area contributed by atoms with Gasteiger partial charge >= 0.3 is 12.1 Å². The first-order chi connectivity index (χ1) is 14.7. The summed E-state index contributed by atoms with van der Waals surface area (Å²) in [4.78, 5) is 24.5. The van der Waals surface area contributed by atoms with Crippen molar-refractivity contribution in [2.24, 2.45) is 0 Å². The van der Waals surface area contributed by atoms with Crippen molar-refractivity contribution in [2.45, 2.75) is 6.18 Å². The van der Waals surface area contributed by atoms with Crippen molar-refractivity contribution < 1.29 is 36.6 Å². The topological polar surface area (TPSA) is 75.0 Å². The molecule has 3 rings (SSSR count). The van der Waals surface area contributed by atoms with E-state index in [4.69, 9.17) is 30.2 Å². The normalized spacial score (nSPS) is 11.5. The molecule has 0 fully saturated rings. The lowest BCUT2D eigenvalue weighted by Crippen LogP contribution is -2.17. The molecule has 1 heterocycles. The number of alkyl halides is 3. The predicted octanol–water partition coefficient (Wildman–Crippen LogP) is 4.70. The molecule has 3 aromatic rings. The van der Waals surface area contributed by atoms with E-state index < -0.39 is 35.5 Å². The number of fused-ring (bicyclic) bond motifs is 1. The maximum absolute atomic E-state index is 13.7. The summed E-state index contributed by atoms with van der Waals surface area (Å²) in [6.07, 6.45) is -4.93. The van der Waals surface area contributed by atoms with Crippen molar-refractivity contribution in [3.05, 3.63) is 63.5 Å². The van der Waals surface area contributed by atoms with Gasteiger partial charge in [0.15, 0.2) is 6.61 Å². The van der Waals surface area contributed by atoms with E-state index in [1.54, 1.807) is 0 Å². The summed E-state index contributed by atoms with van der Waals surface area (Å²) in [7, 11) is 1.45. The third-order valence-electron chi connectivity index (χ3n) is 4.16. The molecule has 31 heavy (non-hydrogen) atoms. The highest BCUT2D eigenvalue weighted by atomic mass is 35.5. The van der Waals surface area contributed by atoms with Gasteiger partial charge in [0.1, 0.15) is 17.9 Å². The molecule has 2 aromatic carbocycles. The van der Waals surface area contributed by atoms with E-state index in [1.165, 1.54) is 43.5 Å². The smallest absolute Gasteiger partial charge is 0.450 e. The van der Waals surface area contributed by atoms with Crippen LogP contribution in [0.4, 0.5) is 13.2 Å². The SMILES string of the molecule is COCCOC(=O)COc1ccc2c(=O)c(-c3ccc(Cl)cc3)c(C(F)(F)F)oc2c1. The molecule has 0 spiro atoms. The molecule has 0 unspecified atom stereocenters. The lowest BCUT2D eigenvalue weighted by molar-refractivity contribution is -0.152. The minimum Gasteiger partial charge on any atom is -0.482 e. The first-order valence-electron chi connectivity index (χ1n) is 8.92. The van der Waals surface area contributed by atoms with Gasteiger partial charge in [0.05, 0.1) is 17.6 Å². The lowest BCUT2D eigenvalue weighted by atomic mass is 10.0. The van der Waals surface area contributed by atoms with Crippen LogP contribution in [-0.2, 0) is 20.4 Å². The van der Waals surface area contributed by atoms with Crippen LogP contribution in [0.5, 0.6) is 5.75 Å².